The zero-order valence-electron chi connectivity index (χ0n) is 8.82. The third-order valence-electron chi connectivity index (χ3n) is 1.87. The highest BCUT2D eigenvalue weighted by molar-refractivity contribution is 5.66. The molecule has 1 rings (SSSR count). The Kier molecular flexibility index (Phi) is 4.31. The molecule has 0 saturated carbocycles. The number of nitrogens with one attached hydrogen (secondary N) is 2. The molecule has 16 heavy (non-hydrogen) atoms. The molecule has 1 aromatic heterocycles. The maximum Gasteiger partial charge on any atom is 0.303 e. The molecule has 0 aromatic carbocycles. The summed E-state index contributed by atoms with van der Waals surface area (Å²) >= 11 is 0. The summed E-state index contributed by atoms with van der Waals surface area (Å²) in [4.78, 5) is 27.8. The van der Waals surface area contributed by atoms with Crippen LogP contribution in [-0.2, 0) is 4.79 Å². The van der Waals surface area contributed by atoms with Crippen LogP contribution >= 0.6 is 0 Å². The van der Waals surface area contributed by atoms with Crippen molar-refractivity contribution in [2.24, 2.45) is 0 Å². The molecule has 0 radical (unpaired) electrons. The maximum absolute atomic E-state index is 11.3. The summed E-state index contributed by atoms with van der Waals surface area (Å²) in [5, 5.41) is 11.3. The number of hydrogen-bond acceptors (Lipinski definition) is 5. The van der Waals surface area contributed by atoms with Crippen LogP contribution in [0, 0.1) is 0 Å². The van der Waals surface area contributed by atoms with Gasteiger partial charge in [-0.2, -0.15) is 0 Å². The Morgan fingerprint density at radius 1 is 1.69 bits per heavy atom. The Morgan fingerprint density at radius 3 is 3.06 bits per heavy atom. The quantitative estimate of drug-likeness (QED) is 0.593. The Bertz CT molecular complexity index is 415. The number of carboxylic acid groups (broad SMARTS) is 1. The molecule has 0 spiro atoms. The zero-order valence-corrected chi connectivity index (χ0v) is 8.82. The van der Waals surface area contributed by atoms with Gasteiger partial charge < -0.3 is 20.1 Å². The molecule has 0 aliphatic carbocycles. The van der Waals surface area contributed by atoms with Gasteiger partial charge in [-0.1, -0.05) is 0 Å². The second-order valence-electron chi connectivity index (χ2n) is 3.04. The van der Waals surface area contributed by atoms with Gasteiger partial charge in [0.2, 0.25) is 5.75 Å². The highest BCUT2D eigenvalue weighted by atomic mass is 16.5. The van der Waals surface area contributed by atoms with Gasteiger partial charge in [0.15, 0.2) is 5.82 Å². The lowest BCUT2D eigenvalue weighted by Gasteiger charge is -2.07. The summed E-state index contributed by atoms with van der Waals surface area (Å²) < 4.78 is 4.87. The van der Waals surface area contributed by atoms with Crippen LogP contribution in [-0.4, -0.2) is 34.7 Å². The summed E-state index contributed by atoms with van der Waals surface area (Å²) in [6.45, 7) is 0.416. The molecular weight excluding hydrogens is 214 g/mol. The first-order valence-corrected chi connectivity index (χ1v) is 4.72. The first kappa shape index (κ1) is 12.0. The predicted octanol–water partition coefficient (Wildman–Crippen LogP) is 0.0552. The minimum Gasteiger partial charge on any atom is -0.489 e. The SMILES string of the molecule is COc1c(NCCCC(=O)O)nc[nH]c1=O. The first-order chi connectivity index (χ1) is 7.65. The Morgan fingerprint density at radius 2 is 2.44 bits per heavy atom. The number of rotatable bonds is 6. The van der Waals surface area contributed by atoms with E-state index in [1.165, 1.54) is 13.4 Å². The molecule has 88 valence electrons. The number of hydrogen-bond donors (Lipinski definition) is 3. The van der Waals surface area contributed by atoms with Crippen molar-refractivity contribution in [2.75, 3.05) is 19.0 Å². The van der Waals surface area contributed by atoms with Gasteiger partial charge >= 0.3 is 5.97 Å². The van der Waals surface area contributed by atoms with Crippen LogP contribution in [0.15, 0.2) is 11.1 Å². The maximum atomic E-state index is 11.3. The van der Waals surface area contributed by atoms with E-state index in [0.29, 0.717) is 18.8 Å². The number of carbonyl (C=O) groups is 1. The smallest absolute Gasteiger partial charge is 0.303 e. The number of aromatic nitrogens is 2. The van der Waals surface area contributed by atoms with Crippen molar-refractivity contribution in [3.8, 4) is 5.75 Å². The van der Waals surface area contributed by atoms with Crippen molar-refractivity contribution < 1.29 is 14.6 Å². The van der Waals surface area contributed by atoms with E-state index in [9.17, 15) is 9.59 Å². The van der Waals surface area contributed by atoms with Crippen molar-refractivity contribution in [3.63, 3.8) is 0 Å². The molecule has 7 heteroatoms. The van der Waals surface area contributed by atoms with Crippen LogP contribution in [0.25, 0.3) is 0 Å². The lowest BCUT2D eigenvalue weighted by Crippen LogP contribution is -2.15. The van der Waals surface area contributed by atoms with Crippen LogP contribution in [0.2, 0.25) is 0 Å². The molecule has 0 atom stereocenters. The van der Waals surface area contributed by atoms with Gasteiger partial charge in [-0.05, 0) is 6.42 Å². The fraction of sp³-hybridized carbons (Fsp3) is 0.444. The van der Waals surface area contributed by atoms with E-state index in [4.69, 9.17) is 9.84 Å². The van der Waals surface area contributed by atoms with Gasteiger partial charge in [0.1, 0.15) is 0 Å². The van der Waals surface area contributed by atoms with Gasteiger partial charge in [-0.15, -0.1) is 0 Å². The molecule has 1 heterocycles. The zero-order chi connectivity index (χ0) is 12.0. The fourth-order valence-electron chi connectivity index (χ4n) is 1.15. The van der Waals surface area contributed by atoms with E-state index in [2.05, 4.69) is 15.3 Å². The summed E-state index contributed by atoms with van der Waals surface area (Å²) in [7, 11) is 1.37. The van der Waals surface area contributed by atoms with Gasteiger partial charge in [0.25, 0.3) is 5.56 Å². The Balaban J connectivity index is 2.57. The van der Waals surface area contributed by atoms with Gasteiger partial charge in [-0.25, -0.2) is 4.98 Å². The van der Waals surface area contributed by atoms with Crippen LogP contribution < -0.4 is 15.6 Å². The third kappa shape index (κ3) is 3.26. The predicted molar refractivity (Wildman–Crippen MR) is 56.8 cm³/mol. The van der Waals surface area contributed by atoms with E-state index < -0.39 is 5.97 Å². The molecule has 0 fully saturated rings. The van der Waals surface area contributed by atoms with Crippen LogP contribution in [0.3, 0.4) is 0 Å². The van der Waals surface area contributed by atoms with Crippen LogP contribution in [0.1, 0.15) is 12.8 Å². The highest BCUT2D eigenvalue weighted by Gasteiger charge is 2.07. The molecule has 0 bridgehead atoms. The standard InChI is InChI=1S/C9H13N3O4/c1-16-7-8(11-5-12-9(7)15)10-4-2-3-6(13)14/h5H,2-4H2,1H3,(H,13,14)(H2,10,11,12,15). The van der Waals surface area contributed by atoms with Gasteiger partial charge in [-0.3, -0.25) is 9.59 Å². The number of aliphatic carboxylic acids is 1. The molecule has 0 saturated heterocycles. The van der Waals surface area contributed by atoms with E-state index in [1.807, 2.05) is 0 Å². The monoisotopic (exact) mass is 227 g/mol. The molecule has 0 amide bonds. The minimum atomic E-state index is -0.854. The summed E-state index contributed by atoms with van der Waals surface area (Å²) in [5.41, 5.74) is -0.377. The normalized spacial score (nSPS) is 9.81. The average molecular weight is 227 g/mol. The van der Waals surface area contributed by atoms with Gasteiger partial charge in [0.05, 0.1) is 13.4 Å². The second kappa shape index (κ2) is 5.74. The number of nitrogens with zero attached hydrogens (tertiary/aromatic N) is 1. The van der Waals surface area contributed by atoms with E-state index in [-0.39, 0.29) is 17.7 Å². The number of aromatic amines is 1. The lowest BCUT2D eigenvalue weighted by atomic mass is 10.3. The fourth-order valence-corrected chi connectivity index (χ4v) is 1.15. The van der Waals surface area contributed by atoms with E-state index in [0.717, 1.165) is 0 Å². The lowest BCUT2D eigenvalue weighted by molar-refractivity contribution is -0.137. The molecule has 3 N–H and O–H groups in total. The van der Waals surface area contributed by atoms with Crippen molar-refractivity contribution in [3.05, 3.63) is 16.7 Å². The summed E-state index contributed by atoms with van der Waals surface area (Å²) in [6.07, 6.45) is 1.77. The van der Waals surface area contributed by atoms with Gasteiger partial charge in [0, 0.05) is 13.0 Å². The highest BCUT2D eigenvalue weighted by Crippen LogP contribution is 2.13. The average Bonchev–Trinajstić information content (AvgIpc) is 2.24. The summed E-state index contributed by atoms with van der Waals surface area (Å²) in [5.74, 6) is -0.443. The first-order valence-electron chi connectivity index (χ1n) is 4.72. The Labute approximate surface area is 91.5 Å². The topological polar surface area (TPSA) is 104 Å². The summed E-state index contributed by atoms with van der Waals surface area (Å²) in [6, 6.07) is 0. The minimum absolute atomic E-state index is 0.0680. The molecule has 7 nitrogen and oxygen atoms in total. The number of ether oxygens (including phenoxy) is 1. The van der Waals surface area contributed by atoms with E-state index in [1.54, 1.807) is 0 Å². The molecule has 0 aliphatic rings. The molecule has 1 aromatic rings. The Hall–Kier alpha value is -2.05. The molecule has 0 unspecified atom stereocenters. The molecule has 0 aliphatic heterocycles. The molecular formula is C9H13N3O4. The van der Waals surface area contributed by atoms with Crippen molar-refractivity contribution in [1.29, 1.82) is 0 Å². The van der Waals surface area contributed by atoms with Crippen molar-refractivity contribution >= 4 is 11.8 Å². The van der Waals surface area contributed by atoms with Crippen LogP contribution in [0.5, 0.6) is 5.75 Å². The number of H-pyrrole nitrogens is 1. The van der Waals surface area contributed by atoms with Crippen molar-refractivity contribution in [2.45, 2.75) is 12.8 Å². The number of carboxylic acids is 1. The number of anilines is 1. The van der Waals surface area contributed by atoms with Crippen molar-refractivity contribution in [1.82, 2.24) is 9.97 Å². The van der Waals surface area contributed by atoms with E-state index >= 15 is 0 Å². The number of methoxy groups -OCH3 is 1. The second-order valence-corrected chi connectivity index (χ2v) is 3.04. The largest absolute Gasteiger partial charge is 0.489 e. The third-order valence-corrected chi connectivity index (χ3v) is 1.87. The van der Waals surface area contributed by atoms with Crippen LogP contribution in [0.4, 0.5) is 5.82 Å².